The number of hydrogen-bond donors (Lipinski definition) is 1. The minimum absolute atomic E-state index is 0.432. The van der Waals surface area contributed by atoms with Gasteiger partial charge in [0.1, 0.15) is 0 Å². The zero-order chi connectivity index (χ0) is 12.5. The summed E-state index contributed by atoms with van der Waals surface area (Å²) in [4.78, 5) is 2.24. The largest absolute Gasteiger partial charge is 0.309 e. The molecule has 0 aliphatic rings. The van der Waals surface area contributed by atoms with Crippen molar-refractivity contribution in [3.8, 4) is 0 Å². The number of hydrogen-bond acceptors (Lipinski definition) is 3. The van der Waals surface area contributed by atoms with Gasteiger partial charge in [-0.05, 0) is 45.9 Å². The van der Waals surface area contributed by atoms with Crippen LogP contribution >= 0.6 is 12.8 Å². The first kappa shape index (κ1) is 17.7. The molecule has 0 saturated carbocycles. The Kier molecular flexibility index (Phi) is 11.2. The van der Waals surface area contributed by atoms with Gasteiger partial charge in [-0.2, -0.15) is 0 Å². The first-order valence-electron chi connectivity index (χ1n) is 5.88. The number of thiol groups is 1. The van der Waals surface area contributed by atoms with Crippen molar-refractivity contribution in [2.75, 3.05) is 34.2 Å². The second kappa shape index (κ2) is 9.49. The van der Waals surface area contributed by atoms with Crippen LogP contribution in [0.25, 0.3) is 0 Å². The Bertz CT molecular complexity index is 120. The zero-order valence-corrected chi connectivity index (χ0v) is 12.6. The molecule has 0 aliphatic carbocycles. The lowest BCUT2D eigenvalue weighted by Gasteiger charge is -2.27. The maximum atomic E-state index is 4.24. The van der Waals surface area contributed by atoms with Crippen molar-refractivity contribution in [1.29, 1.82) is 0 Å². The van der Waals surface area contributed by atoms with E-state index in [1.165, 1.54) is 19.4 Å². The van der Waals surface area contributed by atoms with Gasteiger partial charge < -0.3 is 4.90 Å². The third-order valence-electron chi connectivity index (χ3n) is 2.35. The lowest BCUT2D eigenvalue weighted by atomic mass is 9.85. The molecule has 0 aromatic carbocycles. The van der Waals surface area contributed by atoms with E-state index in [1.54, 1.807) is 0 Å². The number of nitrogens with zero attached hydrogens (tertiary/aromatic N) is 2. The molecule has 94 valence electrons. The van der Waals surface area contributed by atoms with E-state index in [2.05, 4.69) is 45.7 Å². The average Bonchev–Trinajstić information content (AvgIpc) is 2.16. The van der Waals surface area contributed by atoms with Crippen molar-refractivity contribution in [2.45, 2.75) is 40.5 Å². The summed E-state index contributed by atoms with van der Waals surface area (Å²) in [5.41, 5.74) is 0.432. The normalized spacial score (nSPS) is 11.6. The van der Waals surface area contributed by atoms with Crippen LogP contribution in [0.2, 0.25) is 0 Å². The third-order valence-corrected chi connectivity index (χ3v) is 2.55. The first-order chi connectivity index (χ1) is 6.83. The fraction of sp³-hybridized carbons (Fsp3) is 1.00. The maximum absolute atomic E-state index is 4.24. The molecule has 0 bridgehead atoms. The van der Waals surface area contributed by atoms with E-state index in [0.29, 0.717) is 5.41 Å². The first-order valence-corrected chi connectivity index (χ1v) is 6.28. The fourth-order valence-electron chi connectivity index (χ4n) is 1.12. The summed E-state index contributed by atoms with van der Waals surface area (Å²) in [5.74, 6) is 0. The van der Waals surface area contributed by atoms with Crippen molar-refractivity contribution in [1.82, 2.24) is 9.21 Å². The molecule has 0 aromatic heterocycles. The molecule has 15 heavy (non-hydrogen) atoms. The third kappa shape index (κ3) is 14.3. The van der Waals surface area contributed by atoms with E-state index in [0.717, 1.165) is 6.54 Å². The van der Waals surface area contributed by atoms with Crippen molar-refractivity contribution in [2.24, 2.45) is 5.41 Å². The van der Waals surface area contributed by atoms with Crippen LogP contribution in [0.4, 0.5) is 0 Å². The lowest BCUT2D eigenvalue weighted by molar-refractivity contribution is 0.246. The van der Waals surface area contributed by atoms with Crippen LogP contribution < -0.4 is 0 Å². The van der Waals surface area contributed by atoms with Crippen molar-refractivity contribution in [3.63, 3.8) is 0 Å². The minimum Gasteiger partial charge on any atom is -0.309 e. The highest BCUT2D eigenvalue weighted by Crippen LogP contribution is 2.25. The van der Waals surface area contributed by atoms with Gasteiger partial charge in [0.25, 0.3) is 0 Å². The standard InChI is InChI=1S/C10H24N2S.C2H6/c1-10(2,6-8-11(3)4)7-9-12(5)13;1-2/h13H,6-9H2,1-5H3;1-2H3. The van der Waals surface area contributed by atoms with E-state index in [1.807, 2.05) is 25.2 Å². The molecular formula is C12H30N2S. The summed E-state index contributed by atoms with van der Waals surface area (Å²) in [5, 5.41) is 0. The number of rotatable bonds is 6. The van der Waals surface area contributed by atoms with Gasteiger partial charge in [0.15, 0.2) is 0 Å². The summed E-state index contributed by atoms with van der Waals surface area (Å²) < 4.78 is 1.96. The van der Waals surface area contributed by atoms with E-state index < -0.39 is 0 Å². The van der Waals surface area contributed by atoms with E-state index >= 15 is 0 Å². The molecule has 0 saturated heterocycles. The van der Waals surface area contributed by atoms with Crippen LogP contribution in [0.15, 0.2) is 0 Å². The van der Waals surface area contributed by atoms with E-state index in [4.69, 9.17) is 0 Å². The molecule has 0 N–H and O–H groups in total. The Hall–Kier alpha value is 0.270. The second-order valence-corrected chi connectivity index (χ2v) is 5.53. The molecule has 3 heteroatoms. The van der Waals surface area contributed by atoms with Gasteiger partial charge in [-0.25, -0.2) is 0 Å². The molecule has 0 fully saturated rings. The van der Waals surface area contributed by atoms with E-state index in [9.17, 15) is 0 Å². The summed E-state index contributed by atoms with van der Waals surface area (Å²) in [6.07, 6.45) is 2.46. The van der Waals surface area contributed by atoms with Gasteiger partial charge in [0.2, 0.25) is 0 Å². The van der Waals surface area contributed by atoms with Crippen LogP contribution in [-0.4, -0.2) is 43.4 Å². The topological polar surface area (TPSA) is 6.48 Å². The maximum Gasteiger partial charge on any atom is 0.00889 e. The molecule has 0 amide bonds. The molecular weight excluding hydrogens is 204 g/mol. The molecule has 0 aliphatic heterocycles. The second-order valence-electron chi connectivity index (χ2n) is 4.85. The Morgan fingerprint density at radius 3 is 1.67 bits per heavy atom. The van der Waals surface area contributed by atoms with Crippen LogP contribution in [-0.2, 0) is 0 Å². The Morgan fingerprint density at radius 2 is 1.33 bits per heavy atom. The highest BCUT2D eigenvalue weighted by atomic mass is 32.1. The van der Waals surface area contributed by atoms with E-state index in [-0.39, 0.29) is 0 Å². The molecule has 0 rings (SSSR count). The SMILES string of the molecule is CC.CN(C)CCC(C)(C)CCN(C)S. The molecule has 2 nitrogen and oxygen atoms in total. The summed E-state index contributed by atoms with van der Waals surface area (Å²) in [7, 11) is 6.26. The van der Waals surface area contributed by atoms with Crippen molar-refractivity contribution in [3.05, 3.63) is 0 Å². The summed E-state index contributed by atoms with van der Waals surface area (Å²) >= 11 is 4.24. The molecule has 0 atom stereocenters. The van der Waals surface area contributed by atoms with Gasteiger partial charge in [-0.15, -0.1) is 0 Å². The van der Waals surface area contributed by atoms with Gasteiger partial charge >= 0.3 is 0 Å². The van der Waals surface area contributed by atoms with Crippen LogP contribution in [0.3, 0.4) is 0 Å². The van der Waals surface area contributed by atoms with Gasteiger partial charge in [0.05, 0.1) is 0 Å². The predicted molar refractivity (Wildman–Crippen MR) is 74.5 cm³/mol. The minimum atomic E-state index is 0.432. The average molecular weight is 234 g/mol. The van der Waals surface area contributed by atoms with Crippen molar-refractivity contribution < 1.29 is 0 Å². The highest BCUT2D eigenvalue weighted by molar-refractivity contribution is 7.77. The molecule has 0 aromatic rings. The smallest absolute Gasteiger partial charge is 0.00889 e. The van der Waals surface area contributed by atoms with Gasteiger partial charge in [0, 0.05) is 6.54 Å². The highest BCUT2D eigenvalue weighted by Gasteiger charge is 2.17. The quantitative estimate of drug-likeness (QED) is 0.705. The zero-order valence-electron chi connectivity index (χ0n) is 11.7. The molecule has 0 unspecified atom stereocenters. The summed E-state index contributed by atoms with van der Waals surface area (Å²) in [6, 6.07) is 0. The Labute approximate surface area is 103 Å². The predicted octanol–water partition coefficient (Wildman–Crippen LogP) is 3.16. The van der Waals surface area contributed by atoms with Crippen LogP contribution in [0.1, 0.15) is 40.5 Å². The van der Waals surface area contributed by atoms with Gasteiger partial charge in [-0.3, -0.25) is 4.31 Å². The molecule has 0 spiro atoms. The monoisotopic (exact) mass is 234 g/mol. The van der Waals surface area contributed by atoms with Crippen LogP contribution in [0, 0.1) is 5.41 Å². The summed E-state index contributed by atoms with van der Waals surface area (Å²) in [6.45, 7) is 10.9. The molecule has 0 heterocycles. The lowest BCUT2D eigenvalue weighted by Crippen LogP contribution is -2.24. The van der Waals surface area contributed by atoms with Crippen molar-refractivity contribution >= 4 is 12.8 Å². The van der Waals surface area contributed by atoms with Crippen LogP contribution in [0.5, 0.6) is 0 Å². The fourth-order valence-corrected chi connectivity index (χ4v) is 1.22. The Balaban J connectivity index is 0. The molecule has 0 radical (unpaired) electrons. The Morgan fingerprint density at radius 1 is 0.933 bits per heavy atom. The van der Waals surface area contributed by atoms with Gasteiger partial charge in [-0.1, -0.05) is 40.5 Å².